The largest absolute Gasteiger partial charge is 0.472 e. The summed E-state index contributed by atoms with van der Waals surface area (Å²) >= 11 is 0. The lowest BCUT2D eigenvalue weighted by molar-refractivity contribution is 0.551. The van der Waals surface area contributed by atoms with Crippen molar-refractivity contribution >= 4 is 0 Å². The number of unbranched alkanes of at least 4 members (excludes halogenated alkanes) is 1. The van der Waals surface area contributed by atoms with Gasteiger partial charge in [0.25, 0.3) is 0 Å². The summed E-state index contributed by atoms with van der Waals surface area (Å²) in [5.74, 6) is 2.59. The Morgan fingerprint density at radius 3 is 3.08 bits per heavy atom. The molecule has 0 spiro atoms. The van der Waals surface area contributed by atoms with E-state index in [4.69, 9.17) is 16.6 Å². The van der Waals surface area contributed by atoms with Crippen LogP contribution >= 0.6 is 0 Å². The SMILES string of the molecule is C#CCCCC(N)c1ccoc1. The van der Waals surface area contributed by atoms with E-state index in [0.29, 0.717) is 0 Å². The summed E-state index contributed by atoms with van der Waals surface area (Å²) in [6.07, 6.45) is 11.1. The second-order valence-corrected chi connectivity index (χ2v) is 2.76. The Bertz CT molecular complexity index is 245. The van der Waals surface area contributed by atoms with Crippen molar-refractivity contribution in [2.75, 3.05) is 0 Å². The molecule has 0 amide bonds. The van der Waals surface area contributed by atoms with Crippen molar-refractivity contribution in [3.8, 4) is 12.3 Å². The van der Waals surface area contributed by atoms with Gasteiger partial charge in [-0.2, -0.15) is 0 Å². The Morgan fingerprint density at radius 1 is 1.67 bits per heavy atom. The van der Waals surface area contributed by atoms with E-state index in [1.807, 2.05) is 6.07 Å². The van der Waals surface area contributed by atoms with E-state index in [9.17, 15) is 0 Å². The van der Waals surface area contributed by atoms with Gasteiger partial charge in [0.1, 0.15) is 0 Å². The monoisotopic (exact) mass is 163 g/mol. The molecule has 1 unspecified atom stereocenters. The molecule has 1 rings (SSSR count). The zero-order valence-electron chi connectivity index (χ0n) is 6.99. The Kier molecular flexibility index (Phi) is 3.43. The zero-order valence-corrected chi connectivity index (χ0v) is 6.99. The van der Waals surface area contributed by atoms with Gasteiger partial charge in [-0.05, 0) is 18.9 Å². The van der Waals surface area contributed by atoms with Gasteiger partial charge in [0, 0.05) is 18.0 Å². The number of nitrogens with two attached hydrogens (primary N) is 1. The lowest BCUT2D eigenvalue weighted by Crippen LogP contribution is -2.08. The third-order valence-electron chi connectivity index (χ3n) is 1.81. The minimum Gasteiger partial charge on any atom is -0.472 e. The second-order valence-electron chi connectivity index (χ2n) is 2.76. The van der Waals surface area contributed by atoms with Crippen molar-refractivity contribution in [1.82, 2.24) is 0 Å². The van der Waals surface area contributed by atoms with Crippen LogP contribution in [-0.4, -0.2) is 0 Å². The van der Waals surface area contributed by atoms with Crippen LogP contribution in [0.5, 0.6) is 0 Å². The van der Waals surface area contributed by atoms with Crippen molar-refractivity contribution in [3.05, 3.63) is 24.2 Å². The predicted octanol–water partition coefficient (Wildman–Crippen LogP) is 2.08. The van der Waals surface area contributed by atoms with Gasteiger partial charge < -0.3 is 10.2 Å². The van der Waals surface area contributed by atoms with Crippen LogP contribution in [-0.2, 0) is 0 Å². The summed E-state index contributed by atoms with van der Waals surface area (Å²) in [5, 5.41) is 0. The highest BCUT2D eigenvalue weighted by molar-refractivity contribution is 5.10. The molecule has 0 saturated carbocycles. The summed E-state index contributed by atoms with van der Waals surface area (Å²) in [6.45, 7) is 0. The molecule has 0 fully saturated rings. The van der Waals surface area contributed by atoms with Crippen molar-refractivity contribution < 1.29 is 4.42 Å². The number of terminal acetylenes is 1. The quantitative estimate of drug-likeness (QED) is 0.545. The highest BCUT2D eigenvalue weighted by Crippen LogP contribution is 2.16. The molecular weight excluding hydrogens is 150 g/mol. The third-order valence-corrected chi connectivity index (χ3v) is 1.81. The highest BCUT2D eigenvalue weighted by atomic mass is 16.3. The van der Waals surface area contributed by atoms with Crippen LogP contribution in [0.3, 0.4) is 0 Å². The summed E-state index contributed by atoms with van der Waals surface area (Å²) in [4.78, 5) is 0. The van der Waals surface area contributed by atoms with E-state index >= 15 is 0 Å². The molecule has 2 heteroatoms. The summed E-state index contributed by atoms with van der Waals surface area (Å²) in [7, 11) is 0. The minimum atomic E-state index is 0.0668. The average Bonchev–Trinajstić information content (AvgIpc) is 2.56. The molecule has 1 heterocycles. The van der Waals surface area contributed by atoms with E-state index < -0.39 is 0 Å². The van der Waals surface area contributed by atoms with Crippen molar-refractivity contribution in [3.63, 3.8) is 0 Å². The van der Waals surface area contributed by atoms with Crippen LogP contribution in [0.4, 0.5) is 0 Å². The van der Waals surface area contributed by atoms with Crippen LogP contribution in [0.15, 0.2) is 23.0 Å². The van der Waals surface area contributed by atoms with Crippen LogP contribution < -0.4 is 5.73 Å². The Balaban J connectivity index is 2.30. The first-order chi connectivity index (χ1) is 5.84. The topological polar surface area (TPSA) is 39.2 Å². The molecule has 0 aliphatic rings. The number of hydrogen-bond donors (Lipinski definition) is 1. The fourth-order valence-electron chi connectivity index (χ4n) is 1.08. The van der Waals surface area contributed by atoms with Gasteiger partial charge in [0.05, 0.1) is 12.5 Å². The molecule has 0 aromatic carbocycles. The predicted molar refractivity (Wildman–Crippen MR) is 48.3 cm³/mol. The second kappa shape index (κ2) is 4.63. The first-order valence-electron chi connectivity index (χ1n) is 4.05. The number of furan rings is 1. The molecule has 12 heavy (non-hydrogen) atoms. The average molecular weight is 163 g/mol. The van der Waals surface area contributed by atoms with Crippen molar-refractivity contribution in [2.45, 2.75) is 25.3 Å². The van der Waals surface area contributed by atoms with Crippen LogP contribution in [0, 0.1) is 12.3 Å². The number of hydrogen-bond acceptors (Lipinski definition) is 2. The highest BCUT2D eigenvalue weighted by Gasteiger charge is 2.05. The maximum absolute atomic E-state index is 5.85. The molecule has 0 aliphatic heterocycles. The normalized spacial score (nSPS) is 12.3. The number of rotatable bonds is 4. The van der Waals surface area contributed by atoms with Gasteiger partial charge in [0.15, 0.2) is 0 Å². The summed E-state index contributed by atoms with van der Waals surface area (Å²) in [6, 6.07) is 1.96. The minimum absolute atomic E-state index is 0.0668. The van der Waals surface area contributed by atoms with Gasteiger partial charge in [-0.3, -0.25) is 0 Å². The lowest BCUT2D eigenvalue weighted by atomic mass is 10.1. The third kappa shape index (κ3) is 2.44. The summed E-state index contributed by atoms with van der Waals surface area (Å²) < 4.78 is 4.92. The first-order valence-corrected chi connectivity index (χ1v) is 4.05. The molecule has 0 bridgehead atoms. The van der Waals surface area contributed by atoms with E-state index in [1.165, 1.54) is 0 Å². The molecule has 64 valence electrons. The van der Waals surface area contributed by atoms with Crippen LogP contribution in [0.1, 0.15) is 30.9 Å². The van der Waals surface area contributed by atoms with Gasteiger partial charge in [-0.1, -0.05) is 0 Å². The fourth-order valence-corrected chi connectivity index (χ4v) is 1.08. The van der Waals surface area contributed by atoms with Crippen molar-refractivity contribution in [2.24, 2.45) is 5.73 Å². The fraction of sp³-hybridized carbons (Fsp3) is 0.400. The maximum Gasteiger partial charge on any atom is 0.0950 e. The smallest absolute Gasteiger partial charge is 0.0950 e. The van der Waals surface area contributed by atoms with E-state index in [1.54, 1.807) is 12.5 Å². The van der Waals surface area contributed by atoms with Gasteiger partial charge in [-0.15, -0.1) is 12.3 Å². The van der Waals surface area contributed by atoms with Crippen LogP contribution in [0.2, 0.25) is 0 Å². The first kappa shape index (κ1) is 8.89. The molecule has 0 aliphatic carbocycles. The van der Waals surface area contributed by atoms with Crippen molar-refractivity contribution in [1.29, 1.82) is 0 Å². The molecule has 2 nitrogen and oxygen atoms in total. The van der Waals surface area contributed by atoms with E-state index in [0.717, 1.165) is 24.8 Å². The van der Waals surface area contributed by atoms with Crippen LogP contribution in [0.25, 0.3) is 0 Å². The van der Waals surface area contributed by atoms with Gasteiger partial charge in [-0.25, -0.2) is 0 Å². The Morgan fingerprint density at radius 2 is 2.50 bits per heavy atom. The lowest BCUT2D eigenvalue weighted by Gasteiger charge is -2.06. The molecule has 0 radical (unpaired) electrons. The van der Waals surface area contributed by atoms with E-state index in [-0.39, 0.29) is 6.04 Å². The maximum atomic E-state index is 5.85. The van der Waals surface area contributed by atoms with E-state index in [2.05, 4.69) is 5.92 Å². The van der Waals surface area contributed by atoms with Gasteiger partial charge in [0.2, 0.25) is 0 Å². The molecule has 2 N–H and O–H groups in total. The molecule has 1 aromatic rings. The summed E-state index contributed by atoms with van der Waals surface area (Å²) in [5.41, 5.74) is 6.90. The zero-order chi connectivity index (χ0) is 8.81. The standard InChI is InChI=1S/C10H13NO/c1-2-3-4-5-10(11)9-6-7-12-8-9/h1,6-8,10H,3-5,11H2. The Hall–Kier alpha value is -1.20. The Labute approximate surface area is 72.8 Å². The molecule has 1 aromatic heterocycles. The van der Waals surface area contributed by atoms with Gasteiger partial charge >= 0.3 is 0 Å². The molecule has 1 atom stereocenters. The molecular formula is C10H13NO. The molecule has 0 saturated heterocycles.